The van der Waals surface area contributed by atoms with Crippen LogP contribution in [0.5, 0.6) is 0 Å². The topological polar surface area (TPSA) is 50.1 Å². The monoisotopic (exact) mass is 221 g/mol. The Morgan fingerprint density at radius 1 is 1.44 bits per heavy atom. The van der Waals surface area contributed by atoms with Gasteiger partial charge in [-0.05, 0) is 45.4 Å². The van der Waals surface area contributed by atoms with Gasteiger partial charge in [-0.25, -0.2) is 0 Å². The molecule has 88 valence electrons. The number of aldehydes is 1. The van der Waals surface area contributed by atoms with Crippen LogP contribution in [0.25, 0.3) is 0 Å². The van der Waals surface area contributed by atoms with Gasteiger partial charge in [-0.1, -0.05) is 0 Å². The molecule has 0 aromatic rings. The van der Waals surface area contributed by atoms with Crippen molar-refractivity contribution < 1.29 is 9.53 Å². The summed E-state index contributed by atoms with van der Waals surface area (Å²) in [5, 5.41) is 8.94. The standard InChI is InChI=1S/C13H19NO2/c1-11-4-2-6-13(16-11)7-3-5-12(13,10-15)8-9-14/h10-11H,2-8H2,1H3/t11-,12-,13-/m1/s1. The summed E-state index contributed by atoms with van der Waals surface area (Å²) in [4.78, 5) is 11.5. The maximum atomic E-state index is 11.5. The lowest BCUT2D eigenvalue weighted by Crippen LogP contribution is -2.51. The summed E-state index contributed by atoms with van der Waals surface area (Å²) in [6.07, 6.45) is 7.43. The lowest BCUT2D eigenvalue weighted by molar-refractivity contribution is -0.175. The number of hydrogen-bond donors (Lipinski definition) is 0. The molecule has 2 rings (SSSR count). The first kappa shape index (κ1) is 11.6. The molecule has 0 aromatic carbocycles. The lowest BCUT2D eigenvalue weighted by atomic mass is 9.69. The molecule has 16 heavy (non-hydrogen) atoms. The third kappa shape index (κ3) is 1.56. The summed E-state index contributed by atoms with van der Waals surface area (Å²) in [5.74, 6) is 0. The average molecular weight is 221 g/mol. The van der Waals surface area contributed by atoms with Gasteiger partial charge < -0.3 is 9.53 Å². The van der Waals surface area contributed by atoms with Gasteiger partial charge in [0.15, 0.2) is 0 Å². The third-order valence-corrected chi connectivity index (χ3v) is 4.35. The smallest absolute Gasteiger partial charge is 0.130 e. The molecule has 0 N–H and O–H groups in total. The number of rotatable bonds is 2. The fourth-order valence-electron chi connectivity index (χ4n) is 3.49. The minimum Gasteiger partial charge on any atom is -0.371 e. The SMILES string of the molecule is C[C@@H]1CCC[C@]2(CCC[C@]2(C=O)CC#N)O1. The Morgan fingerprint density at radius 2 is 2.19 bits per heavy atom. The highest BCUT2D eigenvalue weighted by molar-refractivity contribution is 5.63. The number of nitriles is 1. The summed E-state index contributed by atoms with van der Waals surface area (Å²) >= 11 is 0. The lowest BCUT2D eigenvalue weighted by Gasteiger charge is -2.46. The molecule has 1 saturated carbocycles. The van der Waals surface area contributed by atoms with Crippen molar-refractivity contribution in [3.63, 3.8) is 0 Å². The van der Waals surface area contributed by atoms with Crippen molar-refractivity contribution >= 4 is 6.29 Å². The predicted octanol–water partition coefficient (Wildman–Crippen LogP) is 2.60. The summed E-state index contributed by atoms with van der Waals surface area (Å²) < 4.78 is 6.11. The van der Waals surface area contributed by atoms with Gasteiger partial charge in [0.25, 0.3) is 0 Å². The zero-order valence-electron chi connectivity index (χ0n) is 9.87. The Morgan fingerprint density at radius 3 is 2.81 bits per heavy atom. The summed E-state index contributed by atoms with van der Waals surface area (Å²) in [6, 6.07) is 2.18. The molecule has 1 heterocycles. The van der Waals surface area contributed by atoms with Gasteiger partial charge in [-0.15, -0.1) is 0 Å². The second kappa shape index (κ2) is 4.18. The van der Waals surface area contributed by atoms with E-state index in [4.69, 9.17) is 10.00 Å². The molecule has 1 spiro atoms. The summed E-state index contributed by atoms with van der Waals surface area (Å²) in [6.45, 7) is 2.07. The van der Waals surface area contributed by atoms with Gasteiger partial charge in [-0.3, -0.25) is 0 Å². The van der Waals surface area contributed by atoms with Gasteiger partial charge in [-0.2, -0.15) is 5.26 Å². The van der Waals surface area contributed by atoms with Crippen LogP contribution < -0.4 is 0 Å². The zero-order valence-corrected chi connectivity index (χ0v) is 9.87. The van der Waals surface area contributed by atoms with Crippen LogP contribution in [0, 0.1) is 16.7 Å². The highest BCUT2D eigenvalue weighted by Crippen LogP contribution is 2.54. The largest absolute Gasteiger partial charge is 0.371 e. The molecule has 0 amide bonds. The highest BCUT2D eigenvalue weighted by Gasteiger charge is 2.57. The first-order chi connectivity index (χ1) is 7.68. The van der Waals surface area contributed by atoms with Crippen LogP contribution in [0.1, 0.15) is 51.9 Å². The highest BCUT2D eigenvalue weighted by atomic mass is 16.5. The fraction of sp³-hybridized carbons (Fsp3) is 0.846. The molecule has 1 aliphatic heterocycles. The number of nitrogens with zero attached hydrogens (tertiary/aromatic N) is 1. The third-order valence-electron chi connectivity index (χ3n) is 4.35. The molecule has 1 aliphatic carbocycles. The van der Waals surface area contributed by atoms with Crippen LogP contribution in [0.4, 0.5) is 0 Å². The Kier molecular flexibility index (Phi) is 3.03. The van der Waals surface area contributed by atoms with Crippen molar-refractivity contribution in [1.29, 1.82) is 5.26 Å². The van der Waals surface area contributed by atoms with E-state index in [2.05, 4.69) is 13.0 Å². The van der Waals surface area contributed by atoms with Crippen LogP contribution in [0.3, 0.4) is 0 Å². The van der Waals surface area contributed by atoms with Gasteiger partial charge in [0.1, 0.15) is 6.29 Å². The van der Waals surface area contributed by atoms with Crippen LogP contribution in [-0.4, -0.2) is 18.0 Å². The Labute approximate surface area is 96.8 Å². The van der Waals surface area contributed by atoms with E-state index < -0.39 is 5.41 Å². The Balaban J connectivity index is 2.30. The maximum absolute atomic E-state index is 11.5. The normalized spacial score (nSPS) is 43.1. The van der Waals surface area contributed by atoms with Crippen molar-refractivity contribution in [2.45, 2.75) is 63.6 Å². The minimum atomic E-state index is -0.531. The van der Waals surface area contributed by atoms with E-state index >= 15 is 0 Å². The van der Waals surface area contributed by atoms with E-state index in [0.717, 1.165) is 44.8 Å². The van der Waals surface area contributed by atoms with Gasteiger partial charge in [0, 0.05) is 0 Å². The first-order valence-electron chi connectivity index (χ1n) is 6.19. The van der Waals surface area contributed by atoms with Crippen molar-refractivity contribution in [2.75, 3.05) is 0 Å². The Hall–Kier alpha value is -0.880. The fourth-order valence-corrected chi connectivity index (χ4v) is 3.49. The van der Waals surface area contributed by atoms with Crippen molar-refractivity contribution in [3.05, 3.63) is 0 Å². The van der Waals surface area contributed by atoms with E-state index in [1.165, 1.54) is 0 Å². The van der Waals surface area contributed by atoms with E-state index in [-0.39, 0.29) is 11.7 Å². The van der Waals surface area contributed by atoms with Crippen LogP contribution in [0.15, 0.2) is 0 Å². The van der Waals surface area contributed by atoms with Crippen molar-refractivity contribution in [2.24, 2.45) is 5.41 Å². The summed E-state index contributed by atoms with van der Waals surface area (Å²) in [7, 11) is 0. The molecule has 0 unspecified atom stereocenters. The second-order valence-electron chi connectivity index (χ2n) is 5.28. The molecule has 3 nitrogen and oxygen atoms in total. The van der Waals surface area contributed by atoms with E-state index in [1.807, 2.05) is 0 Å². The van der Waals surface area contributed by atoms with Gasteiger partial charge in [0.05, 0.1) is 29.6 Å². The predicted molar refractivity (Wildman–Crippen MR) is 59.7 cm³/mol. The number of carbonyl (C=O) groups is 1. The molecule has 2 fully saturated rings. The van der Waals surface area contributed by atoms with Gasteiger partial charge >= 0.3 is 0 Å². The number of carbonyl (C=O) groups excluding carboxylic acids is 1. The molecule has 3 atom stereocenters. The average Bonchev–Trinajstić information content (AvgIpc) is 2.58. The van der Waals surface area contributed by atoms with E-state index in [9.17, 15) is 4.79 Å². The van der Waals surface area contributed by atoms with Crippen molar-refractivity contribution in [3.8, 4) is 6.07 Å². The van der Waals surface area contributed by atoms with Crippen LogP contribution in [-0.2, 0) is 9.53 Å². The molecule has 2 aliphatic rings. The second-order valence-corrected chi connectivity index (χ2v) is 5.28. The maximum Gasteiger partial charge on any atom is 0.130 e. The zero-order chi connectivity index (χ0) is 11.6. The quantitative estimate of drug-likeness (QED) is 0.673. The van der Waals surface area contributed by atoms with Crippen LogP contribution >= 0.6 is 0 Å². The summed E-state index contributed by atoms with van der Waals surface area (Å²) in [5.41, 5.74) is -0.863. The van der Waals surface area contributed by atoms with Gasteiger partial charge in [0.2, 0.25) is 0 Å². The molecule has 1 saturated heterocycles. The Bertz CT molecular complexity index is 322. The molecular weight excluding hydrogens is 202 g/mol. The van der Waals surface area contributed by atoms with E-state index in [1.54, 1.807) is 0 Å². The van der Waals surface area contributed by atoms with Crippen LogP contribution in [0.2, 0.25) is 0 Å². The molecule has 0 bridgehead atoms. The van der Waals surface area contributed by atoms with Crippen molar-refractivity contribution in [1.82, 2.24) is 0 Å². The molecule has 3 heteroatoms. The molecule has 0 aromatic heterocycles. The number of ether oxygens (including phenoxy) is 1. The van der Waals surface area contributed by atoms with E-state index in [0.29, 0.717) is 6.42 Å². The first-order valence-corrected chi connectivity index (χ1v) is 6.19. The molecular formula is C13H19NO2. The molecule has 0 radical (unpaired) electrons. The minimum absolute atomic E-state index is 0.227. The number of hydrogen-bond acceptors (Lipinski definition) is 3.